The number of H-pyrrole nitrogens is 2. The number of fused-ring (bicyclic) bond motifs is 1. The van der Waals surface area contributed by atoms with Crippen molar-refractivity contribution in [3.05, 3.63) is 47.7 Å². The molecule has 20 heavy (non-hydrogen) atoms. The van der Waals surface area contributed by atoms with Crippen LogP contribution >= 0.6 is 0 Å². The van der Waals surface area contributed by atoms with Gasteiger partial charge in [0.05, 0.1) is 6.54 Å². The molecule has 3 rings (SSSR count). The summed E-state index contributed by atoms with van der Waals surface area (Å²) < 4.78 is 0. The second-order valence-corrected chi connectivity index (χ2v) is 4.77. The number of hydrogen-bond acceptors (Lipinski definition) is 3. The molecule has 0 aliphatic heterocycles. The number of benzene rings is 1. The highest BCUT2D eigenvalue weighted by atomic mass is 16.2. The van der Waals surface area contributed by atoms with Crippen LogP contribution in [-0.4, -0.2) is 38.0 Å². The van der Waals surface area contributed by atoms with Crippen LogP contribution in [-0.2, 0) is 6.54 Å². The molecule has 0 bridgehead atoms. The molecule has 2 N–H and O–H groups in total. The van der Waals surface area contributed by atoms with Crippen molar-refractivity contribution in [2.45, 2.75) is 13.5 Å². The Morgan fingerprint density at radius 3 is 2.85 bits per heavy atom. The monoisotopic (exact) mass is 269 g/mol. The van der Waals surface area contributed by atoms with E-state index in [9.17, 15) is 4.79 Å². The van der Waals surface area contributed by atoms with E-state index in [1.807, 2.05) is 37.3 Å². The van der Waals surface area contributed by atoms with Crippen LogP contribution in [0.2, 0.25) is 0 Å². The van der Waals surface area contributed by atoms with Crippen molar-refractivity contribution >= 4 is 16.8 Å². The van der Waals surface area contributed by atoms with Gasteiger partial charge in [-0.15, -0.1) is 0 Å². The van der Waals surface area contributed by atoms with Crippen LogP contribution < -0.4 is 0 Å². The lowest BCUT2D eigenvalue weighted by molar-refractivity contribution is 0.0777. The standard InChI is InChI=1S/C14H15N5O/c1-9-15-13(18-17-9)8-19(2)14(20)12-7-10-5-3-4-6-11(10)16-12/h3-7,16H,8H2,1-2H3,(H,15,17,18). The molecule has 1 amide bonds. The third-order valence-corrected chi connectivity index (χ3v) is 3.13. The van der Waals surface area contributed by atoms with Crippen LogP contribution in [0.5, 0.6) is 0 Å². The number of aromatic amines is 2. The van der Waals surface area contributed by atoms with Gasteiger partial charge in [-0.2, -0.15) is 5.10 Å². The van der Waals surface area contributed by atoms with Crippen LogP contribution in [0.1, 0.15) is 22.1 Å². The van der Waals surface area contributed by atoms with Crippen molar-refractivity contribution in [2.75, 3.05) is 7.05 Å². The molecule has 0 radical (unpaired) electrons. The highest BCUT2D eigenvalue weighted by Crippen LogP contribution is 2.16. The molecule has 0 aliphatic carbocycles. The molecule has 102 valence electrons. The van der Waals surface area contributed by atoms with E-state index in [-0.39, 0.29) is 5.91 Å². The first-order valence-corrected chi connectivity index (χ1v) is 6.34. The summed E-state index contributed by atoms with van der Waals surface area (Å²) in [6.45, 7) is 2.20. The average Bonchev–Trinajstić information content (AvgIpc) is 3.03. The molecule has 0 unspecified atom stereocenters. The average molecular weight is 269 g/mol. The van der Waals surface area contributed by atoms with Gasteiger partial charge in [0.2, 0.25) is 0 Å². The van der Waals surface area contributed by atoms with E-state index in [0.717, 1.165) is 16.7 Å². The smallest absolute Gasteiger partial charge is 0.270 e. The molecule has 2 heterocycles. The fraction of sp³-hybridized carbons (Fsp3) is 0.214. The zero-order valence-electron chi connectivity index (χ0n) is 11.3. The van der Waals surface area contributed by atoms with Gasteiger partial charge < -0.3 is 9.88 Å². The minimum absolute atomic E-state index is 0.0800. The van der Waals surface area contributed by atoms with Gasteiger partial charge in [-0.05, 0) is 19.1 Å². The van der Waals surface area contributed by atoms with Gasteiger partial charge in [0.15, 0.2) is 5.82 Å². The molecule has 0 saturated heterocycles. The molecule has 2 aromatic heterocycles. The summed E-state index contributed by atoms with van der Waals surface area (Å²) in [7, 11) is 1.74. The van der Waals surface area contributed by atoms with E-state index >= 15 is 0 Å². The molecule has 0 spiro atoms. The van der Waals surface area contributed by atoms with Crippen molar-refractivity contribution in [1.82, 2.24) is 25.1 Å². The zero-order chi connectivity index (χ0) is 14.1. The number of aromatic nitrogens is 4. The molecule has 0 saturated carbocycles. The van der Waals surface area contributed by atoms with Gasteiger partial charge in [0.1, 0.15) is 11.5 Å². The Bertz CT molecular complexity index is 725. The van der Waals surface area contributed by atoms with Crippen LogP contribution in [0.25, 0.3) is 10.9 Å². The molecule has 0 fully saturated rings. The van der Waals surface area contributed by atoms with E-state index in [2.05, 4.69) is 20.2 Å². The summed E-state index contributed by atoms with van der Waals surface area (Å²) >= 11 is 0. The predicted molar refractivity (Wildman–Crippen MR) is 75.2 cm³/mol. The summed E-state index contributed by atoms with van der Waals surface area (Å²) in [5.41, 5.74) is 1.53. The summed E-state index contributed by atoms with van der Waals surface area (Å²) in [5.74, 6) is 1.27. The third-order valence-electron chi connectivity index (χ3n) is 3.13. The van der Waals surface area contributed by atoms with Crippen LogP contribution in [0, 0.1) is 6.92 Å². The van der Waals surface area contributed by atoms with Gasteiger partial charge in [-0.1, -0.05) is 18.2 Å². The number of rotatable bonds is 3. The molecular formula is C14H15N5O. The highest BCUT2D eigenvalue weighted by molar-refractivity contribution is 5.97. The SMILES string of the molecule is Cc1nc(CN(C)C(=O)c2cc3ccccc3[nH]2)n[nH]1. The Morgan fingerprint density at radius 1 is 1.35 bits per heavy atom. The lowest BCUT2D eigenvalue weighted by atomic mass is 10.2. The van der Waals surface area contributed by atoms with Crippen molar-refractivity contribution < 1.29 is 4.79 Å². The molecule has 6 nitrogen and oxygen atoms in total. The first-order chi connectivity index (χ1) is 9.63. The summed E-state index contributed by atoms with van der Waals surface area (Å²) in [6.07, 6.45) is 0. The van der Waals surface area contributed by atoms with E-state index in [1.165, 1.54) is 0 Å². The highest BCUT2D eigenvalue weighted by Gasteiger charge is 2.16. The van der Waals surface area contributed by atoms with E-state index in [0.29, 0.717) is 18.1 Å². The fourth-order valence-corrected chi connectivity index (χ4v) is 2.14. The van der Waals surface area contributed by atoms with E-state index < -0.39 is 0 Å². The molecule has 6 heteroatoms. The van der Waals surface area contributed by atoms with Crippen molar-refractivity contribution in [2.24, 2.45) is 0 Å². The van der Waals surface area contributed by atoms with E-state index in [1.54, 1.807) is 11.9 Å². The molecule has 1 aromatic carbocycles. The number of carbonyl (C=O) groups excluding carboxylic acids is 1. The lowest BCUT2D eigenvalue weighted by Crippen LogP contribution is -2.27. The summed E-state index contributed by atoms with van der Waals surface area (Å²) in [4.78, 5) is 21.3. The normalized spacial score (nSPS) is 10.9. The lowest BCUT2D eigenvalue weighted by Gasteiger charge is -2.13. The Hall–Kier alpha value is -2.63. The number of para-hydroxylation sites is 1. The van der Waals surface area contributed by atoms with Crippen LogP contribution in [0.15, 0.2) is 30.3 Å². The van der Waals surface area contributed by atoms with Gasteiger partial charge in [0.25, 0.3) is 5.91 Å². The Balaban J connectivity index is 1.80. The maximum Gasteiger partial charge on any atom is 0.270 e. The largest absolute Gasteiger partial charge is 0.351 e. The van der Waals surface area contributed by atoms with Crippen molar-refractivity contribution in [3.63, 3.8) is 0 Å². The number of nitrogens with zero attached hydrogens (tertiary/aromatic N) is 3. The Kier molecular flexibility index (Phi) is 2.98. The van der Waals surface area contributed by atoms with Crippen molar-refractivity contribution in [3.8, 4) is 0 Å². The van der Waals surface area contributed by atoms with Gasteiger partial charge in [0, 0.05) is 18.0 Å². The topological polar surface area (TPSA) is 77.7 Å². The molecule has 3 aromatic rings. The quantitative estimate of drug-likeness (QED) is 0.762. The second-order valence-electron chi connectivity index (χ2n) is 4.77. The number of carbonyl (C=O) groups is 1. The van der Waals surface area contributed by atoms with Crippen molar-refractivity contribution in [1.29, 1.82) is 0 Å². The number of hydrogen-bond donors (Lipinski definition) is 2. The fourth-order valence-electron chi connectivity index (χ4n) is 2.14. The maximum absolute atomic E-state index is 12.4. The van der Waals surface area contributed by atoms with Crippen LogP contribution in [0.4, 0.5) is 0 Å². The number of aryl methyl sites for hydroxylation is 1. The summed E-state index contributed by atoms with van der Waals surface area (Å²) in [5, 5.41) is 7.83. The summed E-state index contributed by atoms with van der Waals surface area (Å²) in [6, 6.07) is 9.67. The Labute approximate surface area is 115 Å². The predicted octanol–water partition coefficient (Wildman–Crippen LogP) is 1.87. The minimum Gasteiger partial charge on any atom is -0.351 e. The first-order valence-electron chi connectivity index (χ1n) is 6.34. The maximum atomic E-state index is 12.4. The molecule has 0 aliphatic rings. The minimum atomic E-state index is -0.0800. The van der Waals surface area contributed by atoms with Gasteiger partial charge in [-0.25, -0.2) is 4.98 Å². The Morgan fingerprint density at radius 2 is 2.15 bits per heavy atom. The van der Waals surface area contributed by atoms with Gasteiger partial charge in [-0.3, -0.25) is 9.89 Å². The molecule has 0 atom stereocenters. The first kappa shape index (κ1) is 12.4. The van der Waals surface area contributed by atoms with Crippen LogP contribution in [0.3, 0.4) is 0 Å². The van der Waals surface area contributed by atoms with E-state index in [4.69, 9.17) is 0 Å². The van der Waals surface area contributed by atoms with Gasteiger partial charge >= 0.3 is 0 Å². The number of amides is 1. The molecular weight excluding hydrogens is 254 g/mol. The zero-order valence-corrected chi connectivity index (χ0v) is 11.3. The second kappa shape index (κ2) is 4.80. The number of nitrogens with one attached hydrogen (secondary N) is 2. The third kappa shape index (κ3) is 2.27.